The zero-order valence-electron chi connectivity index (χ0n) is 14.4. The molecule has 1 fully saturated rings. The molecule has 2 aliphatic rings. The molecule has 2 aromatic rings. The first-order valence-corrected chi connectivity index (χ1v) is 9.22. The maximum absolute atomic E-state index is 13.8. The van der Waals surface area contributed by atoms with E-state index in [0.29, 0.717) is 11.4 Å². The molecule has 1 aliphatic heterocycles. The monoisotopic (exact) mass is 390 g/mol. The van der Waals surface area contributed by atoms with Gasteiger partial charge in [0, 0.05) is 11.8 Å². The van der Waals surface area contributed by atoms with Crippen LogP contribution in [0.4, 0.5) is 20.2 Å². The summed E-state index contributed by atoms with van der Waals surface area (Å²) in [6.07, 6.45) is 2.37. The molecule has 1 heterocycles. The topological polar surface area (TPSA) is 67.4 Å². The fraction of sp³-hybridized carbons (Fsp3) is 0.263. The molecule has 1 amide bonds. The van der Waals surface area contributed by atoms with Gasteiger partial charge < -0.3 is 14.8 Å². The van der Waals surface area contributed by atoms with E-state index in [4.69, 9.17) is 4.74 Å². The van der Waals surface area contributed by atoms with Crippen LogP contribution in [0, 0.1) is 11.6 Å². The Morgan fingerprint density at radius 3 is 2.67 bits per heavy atom. The van der Waals surface area contributed by atoms with Gasteiger partial charge in [0.2, 0.25) is 5.91 Å². The van der Waals surface area contributed by atoms with Gasteiger partial charge in [0.05, 0.1) is 28.7 Å². The molecule has 5 nitrogen and oxygen atoms in total. The maximum atomic E-state index is 13.8. The van der Waals surface area contributed by atoms with Crippen LogP contribution < -0.4 is 10.0 Å². The van der Waals surface area contributed by atoms with Crippen molar-refractivity contribution in [1.82, 2.24) is 0 Å². The summed E-state index contributed by atoms with van der Waals surface area (Å²) < 4.78 is 34.7. The summed E-state index contributed by atoms with van der Waals surface area (Å²) in [6, 6.07) is 6.65. The normalized spacial score (nSPS) is 16.5. The lowest BCUT2D eigenvalue weighted by molar-refractivity contribution is -0.123. The van der Waals surface area contributed by atoms with Crippen molar-refractivity contribution in [2.75, 3.05) is 17.1 Å². The van der Waals surface area contributed by atoms with Crippen LogP contribution in [0.5, 0.6) is 0 Å². The van der Waals surface area contributed by atoms with Crippen LogP contribution in [0.25, 0.3) is 0 Å². The van der Waals surface area contributed by atoms with Crippen molar-refractivity contribution in [3.8, 4) is 0 Å². The number of fused-ring (bicyclic) bond motifs is 2. The molecule has 0 saturated heterocycles. The number of hydrogen-bond acceptors (Lipinski definition) is 5. The minimum atomic E-state index is -0.686. The van der Waals surface area contributed by atoms with Gasteiger partial charge in [-0.15, -0.1) is 0 Å². The van der Waals surface area contributed by atoms with Gasteiger partial charge in [-0.1, -0.05) is 6.42 Å². The highest BCUT2D eigenvalue weighted by Gasteiger charge is 2.52. The molecule has 0 radical (unpaired) electrons. The number of carbonyl (C=O) groups excluding carboxylic acids is 2. The largest absolute Gasteiger partial charge is 0.465 e. The Hall–Kier alpha value is -2.61. The lowest BCUT2D eigenvalue weighted by atomic mass is 9.65. The second-order valence-corrected chi connectivity index (χ2v) is 7.45. The molecular weight excluding hydrogens is 374 g/mol. The van der Waals surface area contributed by atoms with E-state index >= 15 is 0 Å². The third-order valence-electron chi connectivity index (χ3n) is 5.11. The Morgan fingerprint density at radius 1 is 1.26 bits per heavy atom. The Labute approximate surface area is 158 Å². The molecule has 8 heteroatoms. The number of ether oxygens (including phenoxy) is 1. The van der Waals surface area contributed by atoms with Crippen LogP contribution in [0.15, 0.2) is 35.2 Å². The number of benzene rings is 2. The van der Waals surface area contributed by atoms with E-state index in [0.717, 1.165) is 42.8 Å². The second-order valence-electron chi connectivity index (χ2n) is 6.61. The molecule has 0 atom stereocenters. The molecule has 2 aromatic carbocycles. The Bertz CT molecular complexity index is 960. The molecule has 140 valence electrons. The van der Waals surface area contributed by atoms with E-state index in [9.17, 15) is 18.4 Å². The van der Waals surface area contributed by atoms with Crippen LogP contribution in [-0.4, -0.2) is 19.0 Å². The van der Waals surface area contributed by atoms with Crippen molar-refractivity contribution in [2.24, 2.45) is 0 Å². The van der Waals surface area contributed by atoms with E-state index in [1.165, 1.54) is 19.2 Å². The Morgan fingerprint density at radius 2 is 2.04 bits per heavy atom. The molecule has 1 saturated carbocycles. The standard InChI is InChI=1S/C19H16F2N2O3S/c1-26-17(24)12-8-11(23-27-15-4-3-10(20)7-14(15)21)9-13-16(12)22-18(25)19(13)5-2-6-19/h3-4,7-9,23H,2,5-6H2,1H3,(H,22,25). The number of carbonyl (C=O) groups is 2. The predicted molar refractivity (Wildman–Crippen MR) is 97.8 cm³/mol. The number of hydrogen-bond donors (Lipinski definition) is 2. The summed E-state index contributed by atoms with van der Waals surface area (Å²) in [5.41, 5.74) is 1.40. The molecule has 0 unspecified atom stereocenters. The highest BCUT2D eigenvalue weighted by molar-refractivity contribution is 8.00. The fourth-order valence-electron chi connectivity index (χ4n) is 3.54. The second kappa shape index (κ2) is 6.53. The molecule has 0 aromatic heterocycles. The van der Waals surface area contributed by atoms with Gasteiger partial charge in [-0.2, -0.15) is 0 Å². The average molecular weight is 390 g/mol. The lowest BCUT2D eigenvalue weighted by Crippen LogP contribution is -2.40. The van der Waals surface area contributed by atoms with E-state index in [1.807, 2.05) is 0 Å². The van der Waals surface area contributed by atoms with Gasteiger partial charge in [0.1, 0.15) is 11.6 Å². The van der Waals surface area contributed by atoms with Gasteiger partial charge in [-0.25, -0.2) is 13.6 Å². The minimum absolute atomic E-state index is 0.108. The van der Waals surface area contributed by atoms with Crippen molar-refractivity contribution in [1.29, 1.82) is 0 Å². The molecule has 4 rings (SSSR count). The summed E-state index contributed by atoms with van der Waals surface area (Å²) in [4.78, 5) is 24.9. The zero-order chi connectivity index (χ0) is 19.2. The van der Waals surface area contributed by atoms with Crippen LogP contribution in [0.3, 0.4) is 0 Å². The number of esters is 1. The first kappa shape index (κ1) is 17.8. The first-order chi connectivity index (χ1) is 12.9. The molecule has 2 N–H and O–H groups in total. The van der Waals surface area contributed by atoms with E-state index in [1.54, 1.807) is 12.1 Å². The van der Waals surface area contributed by atoms with Crippen molar-refractivity contribution in [2.45, 2.75) is 29.6 Å². The summed E-state index contributed by atoms with van der Waals surface area (Å²) in [5, 5.41) is 2.81. The molecular formula is C19H16F2N2O3S. The quantitative estimate of drug-likeness (QED) is 0.604. The smallest absolute Gasteiger partial charge is 0.340 e. The van der Waals surface area contributed by atoms with Crippen molar-refractivity contribution in [3.63, 3.8) is 0 Å². The molecule has 1 spiro atoms. The summed E-state index contributed by atoms with van der Waals surface area (Å²) in [5.74, 6) is -2.01. The van der Waals surface area contributed by atoms with Crippen LogP contribution in [0.2, 0.25) is 0 Å². The fourth-order valence-corrected chi connectivity index (χ4v) is 4.18. The van der Waals surface area contributed by atoms with E-state index in [-0.39, 0.29) is 16.4 Å². The summed E-state index contributed by atoms with van der Waals surface area (Å²) in [6.45, 7) is 0. The SMILES string of the molecule is COC(=O)c1cc(NSc2ccc(F)cc2F)cc2c1NC(=O)C21CCC1. The third kappa shape index (κ3) is 2.84. The van der Waals surface area contributed by atoms with Crippen LogP contribution >= 0.6 is 11.9 Å². The van der Waals surface area contributed by atoms with Gasteiger partial charge in [-0.05, 0) is 54.6 Å². The number of amides is 1. The first-order valence-electron chi connectivity index (χ1n) is 8.41. The Balaban J connectivity index is 1.70. The minimum Gasteiger partial charge on any atom is -0.465 e. The predicted octanol–water partition coefficient (Wildman–Crippen LogP) is 4.24. The third-order valence-corrected chi connectivity index (χ3v) is 6.00. The highest BCUT2D eigenvalue weighted by Crippen LogP contribution is 2.53. The number of nitrogens with one attached hydrogen (secondary N) is 2. The number of anilines is 2. The van der Waals surface area contributed by atoms with E-state index in [2.05, 4.69) is 10.0 Å². The lowest BCUT2D eigenvalue weighted by Gasteiger charge is -2.36. The maximum Gasteiger partial charge on any atom is 0.340 e. The van der Waals surface area contributed by atoms with E-state index < -0.39 is 23.0 Å². The summed E-state index contributed by atoms with van der Waals surface area (Å²) in [7, 11) is 1.27. The highest BCUT2D eigenvalue weighted by atomic mass is 32.2. The van der Waals surface area contributed by atoms with Gasteiger partial charge >= 0.3 is 5.97 Å². The zero-order valence-corrected chi connectivity index (χ0v) is 15.2. The van der Waals surface area contributed by atoms with Crippen molar-refractivity contribution >= 4 is 35.2 Å². The molecule has 27 heavy (non-hydrogen) atoms. The van der Waals surface area contributed by atoms with Gasteiger partial charge in [-0.3, -0.25) is 4.79 Å². The van der Waals surface area contributed by atoms with Crippen LogP contribution in [-0.2, 0) is 14.9 Å². The number of halogens is 2. The number of rotatable bonds is 4. The number of methoxy groups -OCH3 is 1. The van der Waals surface area contributed by atoms with Crippen molar-refractivity contribution < 1.29 is 23.1 Å². The Kier molecular flexibility index (Phi) is 4.30. The van der Waals surface area contributed by atoms with Gasteiger partial charge in [0.25, 0.3) is 0 Å². The average Bonchev–Trinajstić information content (AvgIpc) is 2.91. The summed E-state index contributed by atoms with van der Waals surface area (Å²) >= 11 is 0.960. The van der Waals surface area contributed by atoms with Gasteiger partial charge in [0.15, 0.2) is 0 Å². The van der Waals surface area contributed by atoms with Crippen LogP contribution in [0.1, 0.15) is 35.2 Å². The molecule has 1 aliphatic carbocycles. The molecule has 0 bridgehead atoms. The van der Waals surface area contributed by atoms with Crippen molar-refractivity contribution in [3.05, 3.63) is 53.1 Å².